The molecule has 0 aliphatic heterocycles. The molecule has 152 valence electrons. The number of hydrogen-bond donors (Lipinski definition) is 3. The number of ether oxygens (including phenoxy) is 2. The van der Waals surface area contributed by atoms with Gasteiger partial charge in [-0.05, 0) is 42.9 Å². The Morgan fingerprint density at radius 2 is 1.86 bits per heavy atom. The SMILES string of the molecule is CNS(=O)(=O)CCNC(=O)c1ccc(OC)c(Oc2ccc(CN)cc2F)c1. The zero-order chi connectivity index (χ0) is 20.7. The Balaban J connectivity index is 2.18. The van der Waals surface area contributed by atoms with Crippen molar-refractivity contribution in [2.75, 3.05) is 26.5 Å². The van der Waals surface area contributed by atoms with Gasteiger partial charge in [0.15, 0.2) is 23.1 Å². The highest BCUT2D eigenvalue weighted by atomic mass is 32.2. The predicted molar refractivity (Wildman–Crippen MR) is 103 cm³/mol. The fourth-order valence-corrected chi connectivity index (χ4v) is 2.85. The van der Waals surface area contributed by atoms with Crippen LogP contribution in [0.2, 0.25) is 0 Å². The van der Waals surface area contributed by atoms with Gasteiger partial charge in [0.2, 0.25) is 10.0 Å². The van der Waals surface area contributed by atoms with Crippen LogP contribution < -0.4 is 25.2 Å². The third kappa shape index (κ3) is 5.65. The highest BCUT2D eigenvalue weighted by Crippen LogP contribution is 2.33. The number of carbonyl (C=O) groups is 1. The summed E-state index contributed by atoms with van der Waals surface area (Å²) < 4.78 is 49.9. The minimum absolute atomic E-state index is 0.0480. The van der Waals surface area contributed by atoms with E-state index in [4.69, 9.17) is 15.2 Å². The van der Waals surface area contributed by atoms with Crippen LogP contribution in [-0.2, 0) is 16.6 Å². The molecule has 2 aromatic rings. The summed E-state index contributed by atoms with van der Waals surface area (Å²) in [6.45, 7) is 0.124. The molecule has 2 rings (SSSR count). The van der Waals surface area contributed by atoms with Crippen LogP contribution in [0.1, 0.15) is 15.9 Å². The van der Waals surface area contributed by atoms with Crippen LogP contribution in [0.5, 0.6) is 17.2 Å². The normalized spacial score (nSPS) is 11.1. The van der Waals surface area contributed by atoms with Crippen molar-refractivity contribution < 1.29 is 27.1 Å². The van der Waals surface area contributed by atoms with E-state index < -0.39 is 21.7 Å². The largest absolute Gasteiger partial charge is 0.493 e. The van der Waals surface area contributed by atoms with Gasteiger partial charge in [0, 0.05) is 18.7 Å². The van der Waals surface area contributed by atoms with Crippen molar-refractivity contribution in [3.8, 4) is 17.2 Å². The molecule has 0 aromatic heterocycles. The average Bonchev–Trinajstić information content (AvgIpc) is 2.69. The van der Waals surface area contributed by atoms with Gasteiger partial charge in [-0.25, -0.2) is 17.5 Å². The molecule has 0 bridgehead atoms. The second-order valence-corrected chi connectivity index (χ2v) is 7.76. The van der Waals surface area contributed by atoms with Gasteiger partial charge in [-0.3, -0.25) is 4.79 Å². The number of nitrogens with one attached hydrogen (secondary N) is 2. The van der Waals surface area contributed by atoms with Crippen LogP contribution in [0.4, 0.5) is 4.39 Å². The van der Waals surface area contributed by atoms with E-state index in [0.717, 1.165) is 0 Å². The molecule has 0 spiro atoms. The van der Waals surface area contributed by atoms with Crippen molar-refractivity contribution in [3.05, 3.63) is 53.3 Å². The maximum atomic E-state index is 14.2. The van der Waals surface area contributed by atoms with E-state index in [-0.39, 0.29) is 35.9 Å². The fourth-order valence-electron chi connectivity index (χ4n) is 2.27. The van der Waals surface area contributed by atoms with Crippen LogP contribution in [0.15, 0.2) is 36.4 Å². The molecule has 0 fully saturated rings. The monoisotopic (exact) mass is 411 g/mol. The highest BCUT2D eigenvalue weighted by Gasteiger charge is 2.15. The smallest absolute Gasteiger partial charge is 0.251 e. The van der Waals surface area contributed by atoms with Gasteiger partial charge >= 0.3 is 0 Å². The van der Waals surface area contributed by atoms with E-state index in [1.807, 2.05) is 0 Å². The van der Waals surface area contributed by atoms with Crippen LogP contribution in [0, 0.1) is 5.82 Å². The third-order valence-corrected chi connectivity index (χ3v) is 5.21. The Morgan fingerprint density at radius 3 is 2.46 bits per heavy atom. The number of halogens is 1. The number of benzene rings is 2. The number of sulfonamides is 1. The van der Waals surface area contributed by atoms with E-state index in [1.165, 1.54) is 44.5 Å². The minimum Gasteiger partial charge on any atom is -0.493 e. The second kappa shape index (κ2) is 9.49. The van der Waals surface area contributed by atoms with E-state index in [9.17, 15) is 17.6 Å². The van der Waals surface area contributed by atoms with Gasteiger partial charge in [-0.2, -0.15) is 0 Å². The van der Waals surface area contributed by atoms with E-state index in [2.05, 4.69) is 10.0 Å². The van der Waals surface area contributed by atoms with Gasteiger partial charge in [0.1, 0.15) is 0 Å². The van der Waals surface area contributed by atoms with Crippen molar-refractivity contribution in [2.45, 2.75) is 6.54 Å². The first-order valence-corrected chi connectivity index (χ1v) is 9.98. The lowest BCUT2D eigenvalue weighted by atomic mass is 10.2. The molecule has 2 aromatic carbocycles. The maximum absolute atomic E-state index is 14.2. The summed E-state index contributed by atoms with van der Waals surface area (Å²) in [6, 6.07) is 8.70. The van der Waals surface area contributed by atoms with Gasteiger partial charge < -0.3 is 20.5 Å². The summed E-state index contributed by atoms with van der Waals surface area (Å²) in [4.78, 5) is 12.3. The number of carbonyl (C=O) groups excluding carboxylic acids is 1. The number of nitrogens with two attached hydrogens (primary N) is 1. The summed E-state index contributed by atoms with van der Waals surface area (Å²) >= 11 is 0. The molecule has 28 heavy (non-hydrogen) atoms. The minimum atomic E-state index is -3.43. The number of hydrogen-bond acceptors (Lipinski definition) is 6. The average molecular weight is 411 g/mol. The molecular formula is C18H22FN3O5S. The first-order valence-electron chi connectivity index (χ1n) is 8.33. The Kier molecular flexibility index (Phi) is 7.32. The van der Waals surface area contributed by atoms with Gasteiger partial charge in [0.25, 0.3) is 5.91 Å². The van der Waals surface area contributed by atoms with Gasteiger partial charge in [-0.15, -0.1) is 0 Å². The summed E-state index contributed by atoms with van der Waals surface area (Å²) in [7, 11) is -0.717. The predicted octanol–water partition coefficient (Wildman–Crippen LogP) is 1.36. The number of amides is 1. The van der Waals surface area contributed by atoms with Gasteiger partial charge in [0.05, 0.1) is 12.9 Å². The van der Waals surface area contributed by atoms with Crippen molar-refractivity contribution in [3.63, 3.8) is 0 Å². The summed E-state index contributed by atoms with van der Waals surface area (Å²) in [6.07, 6.45) is 0. The van der Waals surface area contributed by atoms with E-state index >= 15 is 0 Å². The standard InChI is InChI=1S/C18H22FN3O5S/c1-21-28(24,25)8-7-22-18(23)13-4-6-16(26-2)17(10-13)27-15-5-3-12(11-20)9-14(15)19/h3-6,9-10,21H,7-8,11,20H2,1-2H3,(H,22,23). The first-order chi connectivity index (χ1) is 13.3. The lowest BCUT2D eigenvalue weighted by molar-refractivity contribution is 0.0955. The Hall–Kier alpha value is -2.69. The zero-order valence-electron chi connectivity index (χ0n) is 15.5. The third-order valence-electron chi connectivity index (χ3n) is 3.85. The lowest BCUT2D eigenvalue weighted by Crippen LogP contribution is -2.32. The van der Waals surface area contributed by atoms with Crippen LogP contribution in [0.3, 0.4) is 0 Å². The molecule has 0 aliphatic carbocycles. The molecule has 0 radical (unpaired) electrons. The lowest BCUT2D eigenvalue weighted by Gasteiger charge is -2.13. The Bertz CT molecular complexity index is 950. The molecule has 0 saturated carbocycles. The van der Waals surface area contributed by atoms with Crippen molar-refractivity contribution >= 4 is 15.9 Å². The van der Waals surface area contributed by atoms with Crippen molar-refractivity contribution in [1.82, 2.24) is 10.0 Å². The Morgan fingerprint density at radius 1 is 1.14 bits per heavy atom. The summed E-state index contributed by atoms with van der Waals surface area (Å²) in [5, 5.41) is 2.50. The number of rotatable bonds is 9. The Labute approximate surface area is 162 Å². The van der Waals surface area contributed by atoms with Crippen molar-refractivity contribution in [1.29, 1.82) is 0 Å². The molecule has 8 nitrogen and oxygen atoms in total. The van der Waals surface area contributed by atoms with E-state index in [0.29, 0.717) is 11.3 Å². The molecule has 0 heterocycles. The topological polar surface area (TPSA) is 120 Å². The van der Waals surface area contributed by atoms with Crippen LogP contribution in [-0.4, -0.2) is 40.8 Å². The highest BCUT2D eigenvalue weighted by molar-refractivity contribution is 7.89. The molecule has 0 atom stereocenters. The van der Waals surface area contributed by atoms with Crippen LogP contribution >= 0.6 is 0 Å². The van der Waals surface area contributed by atoms with Crippen molar-refractivity contribution in [2.24, 2.45) is 5.73 Å². The van der Waals surface area contributed by atoms with Gasteiger partial charge in [-0.1, -0.05) is 6.07 Å². The van der Waals surface area contributed by atoms with Crippen LogP contribution in [0.25, 0.3) is 0 Å². The zero-order valence-corrected chi connectivity index (χ0v) is 16.3. The molecule has 0 aliphatic rings. The summed E-state index contributed by atoms with van der Waals surface area (Å²) in [5.74, 6) is -0.968. The first kappa shape index (κ1) is 21.6. The quantitative estimate of drug-likeness (QED) is 0.573. The number of methoxy groups -OCH3 is 1. The molecule has 10 heteroatoms. The molecule has 1 amide bonds. The summed E-state index contributed by atoms with van der Waals surface area (Å²) in [5.41, 5.74) is 6.30. The van der Waals surface area contributed by atoms with E-state index in [1.54, 1.807) is 6.07 Å². The molecule has 0 unspecified atom stereocenters. The maximum Gasteiger partial charge on any atom is 0.251 e. The molecule has 0 saturated heterocycles. The fraction of sp³-hybridized carbons (Fsp3) is 0.278. The molecular weight excluding hydrogens is 389 g/mol. The molecule has 4 N–H and O–H groups in total. The second-order valence-electron chi connectivity index (χ2n) is 5.72.